The molecular formula is C9H18N2S. The smallest absolute Gasteiger partial charge is 0.0950 e. The Labute approximate surface area is 79.7 Å². The van der Waals surface area contributed by atoms with Gasteiger partial charge in [-0.15, -0.1) is 0 Å². The van der Waals surface area contributed by atoms with Crippen molar-refractivity contribution in [1.82, 2.24) is 5.32 Å². The van der Waals surface area contributed by atoms with E-state index in [4.69, 9.17) is 5.26 Å². The van der Waals surface area contributed by atoms with Crippen LogP contribution >= 0.6 is 11.8 Å². The SMILES string of the molecule is CCC(C#N)NCCCCSC. The molecule has 3 heteroatoms. The molecule has 0 aliphatic heterocycles. The predicted molar refractivity (Wildman–Crippen MR) is 55.3 cm³/mol. The van der Waals surface area contributed by atoms with Crippen LogP contribution in [-0.4, -0.2) is 24.6 Å². The number of nitrogens with zero attached hydrogens (tertiary/aromatic N) is 1. The first-order valence-electron chi connectivity index (χ1n) is 4.47. The highest BCUT2D eigenvalue weighted by Crippen LogP contribution is 1.98. The van der Waals surface area contributed by atoms with Crippen molar-refractivity contribution < 1.29 is 0 Å². The molecular weight excluding hydrogens is 168 g/mol. The molecule has 0 heterocycles. The van der Waals surface area contributed by atoms with E-state index in [1.54, 1.807) is 0 Å². The molecule has 0 aromatic rings. The zero-order valence-electron chi connectivity index (χ0n) is 7.97. The summed E-state index contributed by atoms with van der Waals surface area (Å²) in [5.41, 5.74) is 0. The first-order valence-corrected chi connectivity index (χ1v) is 5.86. The van der Waals surface area contributed by atoms with Crippen LogP contribution in [0.1, 0.15) is 26.2 Å². The van der Waals surface area contributed by atoms with Crippen LogP contribution in [0.5, 0.6) is 0 Å². The lowest BCUT2D eigenvalue weighted by atomic mass is 10.2. The van der Waals surface area contributed by atoms with Gasteiger partial charge >= 0.3 is 0 Å². The van der Waals surface area contributed by atoms with Gasteiger partial charge in [-0.2, -0.15) is 17.0 Å². The minimum absolute atomic E-state index is 0.0549. The molecule has 0 fully saturated rings. The van der Waals surface area contributed by atoms with Crippen LogP contribution in [0.15, 0.2) is 0 Å². The highest BCUT2D eigenvalue weighted by atomic mass is 32.2. The quantitative estimate of drug-likeness (QED) is 0.618. The second-order valence-electron chi connectivity index (χ2n) is 2.74. The fourth-order valence-corrected chi connectivity index (χ4v) is 1.42. The lowest BCUT2D eigenvalue weighted by molar-refractivity contribution is 0.567. The third-order valence-electron chi connectivity index (χ3n) is 1.73. The van der Waals surface area contributed by atoms with E-state index in [9.17, 15) is 0 Å². The topological polar surface area (TPSA) is 35.8 Å². The van der Waals surface area contributed by atoms with Crippen LogP contribution in [0.2, 0.25) is 0 Å². The van der Waals surface area contributed by atoms with Crippen molar-refractivity contribution in [3.63, 3.8) is 0 Å². The minimum atomic E-state index is 0.0549. The van der Waals surface area contributed by atoms with E-state index in [0.29, 0.717) is 0 Å². The second-order valence-corrected chi connectivity index (χ2v) is 3.73. The van der Waals surface area contributed by atoms with Crippen LogP contribution in [0.3, 0.4) is 0 Å². The molecule has 0 rings (SSSR count). The van der Waals surface area contributed by atoms with E-state index in [2.05, 4.69) is 17.6 Å². The fourth-order valence-electron chi connectivity index (χ4n) is 0.929. The average molecular weight is 186 g/mol. The Hall–Kier alpha value is -0.200. The summed E-state index contributed by atoms with van der Waals surface area (Å²) in [6.45, 7) is 3.01. The summed E-state index contributed by atoms with van der Waals surface area (Å²) in [6, 6.07) is 2.28. The van der Waals surface area contributed by atoms with E-state index >= 15 is 0 Å². The molecule has 12 heavy (non-hydrogen) atoms. The molecule has 2 nitrogen and oxygen atoms in total. The molecule has 70 valence electrons. The van der Waals surface area contributed by atoms with Gasteiger partial charge in [0.2, 0.25) is 0 Å². The molecule has 0 aromatic heterocycles. The normalized spacial score (nSPS) is 12.4. The number of unbranched alkanes of at least 4 members (excludes halogenated alkanes) is 1. The maximum absolute atomic E-state index is 8.61. The Morgan fingerprint density at radius 3 is 2.75 bits per heavy atom. The summed E-state index contributed by atoms with van der Waals surface area (Å²) < 4.78 is 0. The zero-order chi connectivity index (χ0) is 9.23. The highest BCUT2D eigenvalue weighted by molar-refractivity contribution is 7.98. The molecule has 0 bridgehead atoms. The Morgan fingerprint density at radius 2 is 2.25 bits per heavy atom. The van der Waals surface area contributed by atoms with Crippen molar-refractivity contribution in [2.24, 2.45) is 0 Å². The number of hydrogen-bond acceptors (Lipinski definition) is 3. The van der Waals surface area contributed by atoms with Gasteiger partial charge in [-0.05, 0) is 37.8 Å². The summed E-state index contributed by atoms with van der Waals surface area (Å²) in [4.78, 5) is 0. The van der Waals surface area contributed by atoms with Gasteiger partial charge in [-0.25, -0.2) is 0 Å². The van der Waals surface area contributed by atoms with Gasteiger partial charge in [-0.3, -0.25) is 0 Å². The minimum Gasteiger partial charge on any atom is -0.302 e. The molecule has 0 spiro atoms. The standard InChI is InChI=1S/C9H18N2S/c1-3-9(8-10)11-6-4-5-7-12-2/h9,11H,3-7H2,1-2H3. The molecule has 0 saturated carbocycles. The van der Waals surface area contributed by atoms with E-state index in [-0.39, 0.29) is 6.04 Å². The van der Waals surface area contributed by atoms with Gasteiger partial charge in [0.25, 0.3) is 0 Å². The summed E-state index contributed by atoms with van der Waals surface area (Å²) in [5.74, 6) is 1.23. The number of hydrogen-bond donors (Lipinski definition) is 1. The van der Waals surface area contributed by atoms with Gasteiger partial charge in [0.1, 0.15) is 0 Å². The summed E-state index contributed by atoms with van der Waals surface area (Å²) >= 11 is 1.88. The number of nitriles is 1. The molecule has 0 saturated heterocycles. The van der Waals surface area contributed by atoms with Crippen LogP contribution < -0.4 is 5.32 Å². The van der Waals surface area contributed by atoms with Gasteiger partial charge < -0.3 is 5.32 Å². The van der Waals surface area contributed by atoms with Crippen molar-refractivity contribution >= 4 is 11.8 Å². The second kappa shape index (κ2) is 8.89. The molecule has 0 aliphatic rings. The maximum atomic E-state index is 8.61. The van der Waals surface area contributed by atoms with Gasteiger partial charge in [-0.1, -0.05) is 6.92 Å². The van der Waals surface area contributed by atoms with Crippen molar-refractivity contribution in [2.75, 3.05) is 18.6 Å². The first kappa shape index (κ1) is 11.8. The molecule has 0 aliphatic carbocycles. The molecule has 1 unspecified atom stereocenters. The van der Waals surface area contributed by atoms with Crippen molar-refractivity contribution in [3.8, 4) is 6.07 Å². The van der Waals surface area contributed by atoms with E-state index in [1.807, 2.05) is 18.7 Å². The van der Waals surface area contributed by atoms with E-state index in [0.717, 1.165) is 13.0 Å². The molecule has 1 N–H and O–H groups in total. The van der Waals surface area contributed by atoms with Crippen LogP contribution in [-0.2, 0) is 0 Å². The lowest BCUT2D eigenvalue weighted by Crippen LogP contribution is -2.27. The Morgan fingerprint density at radius 1 is 1.50 bits per heavy atom. The van der Waals surface area contributed by atoms with E-state index in [1.165, 1.54) is 18.6 Å². The monoisotopic (exact) mass is 186 g/mol. The van der Waals surface area contributed by atoms with Gasteiger partial charge in [0.15, 0.2) is 0 Å². The first-order chi connectivity index (χ1) is 5.85. The Bertz CT molecular complexity index is 131. The van der Waals surface area contributed by atoms with Gasteiger partial charge in [0.05, 0.1) is 12.1 Å². The van der Waals surface area contributed by atoms with Crippen molar-refractivity contribution in [3.05, 3.63) is 0 Å². The number of thioether (sulfide) groups is 1. The summed E-state index contributed by atoms with van der Waals surface area (Å²) in [5, 5.41) is 11.8. The van der Waals surface area contributed by atoms with E-state index < -0.39 is 0 Å². The molecule has 1 atom stereocenters. The van der Waals surface area contributed by atoms with Crippen molar-refractivity contribution in [2.45, 2.75) is 32.2 Å². The highest BCUT2D eigenvalue weighted by Gasteiger charge is 2.00. The number of nitrogens with one attached hydrogen (secondary N) is 1. The maximum Gasteiger partial charge on any atom is 0.0950 e. The van der Waals surface area contributed by atoms with Crippen LogP contribution in [0.25, 0.3) is 0 Å². The predicted octanol–water partition coefficient (Wildman–Crippen LogP) is 2.02. The number of rotatable bonds is 7. The Kier molecular flexibility index (Phi) is 8.74. The molecule has 0 aromatic carbocycles. The summed E-state index contributed by atoms with van der Waals surface area (Å²) in [7, 11) is 0. The molecule has 0 radical (unpaired) electrons. The lowest BCUT2D eigenvalue weighted by Gasteiger charge is -2.07. The van der Waals surface area contributed by atoms with Crippen LogP contribution in [0.4, 0.5) is 0 Å². The Balaban J connectivity index is 3.13. The third-order valence-corrected chi connectivity index (χ3v) is 2.43. The molecule has 0 amide bonds. The van der Waals surface area contributed by atoms with Crippen molar-refractivity contribution in [1.29, 1.82) is 5.26 Å². The third kappa shape index (κ3) is 6.51. The zero-order valence-corrected chi connectivity index (χ0v) is 8.78. The fraction of sp³-hybridized carbons (Fsp3) is 0.889. The van der Waals surface area contributed by atoms with Gasteiger partial charge in [0, 0.05) is 0 Å². The summed E-state index contributed by atoms with van der Waals surface area (Å²) in [6.07, 6.45) is 5.45. The average Bonchev–Trinajstić information content (AvgIpc) is 2.11. The largest absolute Gasteiger partial charge is 0.302 e. The van der Waals surface area contributed by atoms with Crippen LogP contribution in [0, 0.1) is 11.3 Å².